The van der Waals surface area contributed by atoms with Gasteiger partial charge in [0.05, 0.1) is 5.70 Å². The van der Waals surface area contributed by atoms with Gasteiger partial charge >= 0.3 is 0 Å². The fourth-order valence-corrected chi connectivity index (χ4v) is 3.49. The maximum Gasteiger partial charge on any atom is 0.246 e. The second-order valence-corrected chi connectivity index (χ2v) is 7.35. The van der Waals surface area contributed by atoms with E-state index in [-0.39, 0.29) is 34.6 Å². The summed E-state index contributed by atoms with van der Waals surface area (Å²) in [5, 5.41) is 3.08. The molecule has 26 heavy (non-hydrogen) atoms. The number of carbonyl (C=O) groups is 2. The smallest absolute Gasteiger partial charge is 0.246 e. The molecule has 4 rings (SSSR count). The lowest BCUT2D eigenvalue weighted by molar-refractivity contribution is 0.0956. The summed E-state index contributed by atoms with van der Waals surface area (Å²) < 4.78 is 6.56. The van der Waals surface area contributed by atoms with Gasteiger partial charge in [-0.05, 0) is 50.2 Å². The highest BCUT2D eigenvalue weighted by molar-refractivity contribution is 9.10. The van der Waals surface area contributed by atoms with Crippen LogP contribution in [-0.2, 0) is 0 Å². The minimum Gasteiger partial charge on any atom is -0.432 e. The monoisotopic (exact) mass is 415 g/mol. The Labute approximate surface area is 159 Å². The zero-order valence-electron chi connectivity index (χ0n) is 14.1. The first-order chi connectivity index (χ1) is 12.6. The van der Waals surface area contributed by atoms with Gasteiger partial charge < -0.3 is 14.6 Å². The summed E-state index contributed by atoms with van der Waals surface area (Å²) in [6.45, 7) is 3.66. The molecule has 0 amide bonds. The predicted octanol–water partition coefficient (Wildman–Crippen LogP) is 3.05. The molecule has 0 unspecified atom stereocenters. The minimum absolute atomic E-state index is 0.0130. The van der Waals surface area contributed by atoms with Gasteiger partial charge in [-0.25, -0.2) is 4.98 Å². The van der Waals surface area contributed by atoms with Crippen molar-refractivity contribution in [3.63, 3.8) is 0 Å². The SMILES string of the molecule is O=C1C=C(NCCN2CCCC2)C(=O)c2oc(-c3ccc(Br)cc3)nc21. The van der Waals surface area contributed by atoms with Crippen LogP contribution in [0.2, 0.25) is 0 Å². The lowest BCUT2D eigenvalue weighted by Gasteiger charge is -2.17. The number of aromatic nitrogens is 1. The first-order valence-corrected chi connectivity index (χ1v) is 9.45. The summed E-state index contributed by atoms with van der Waals surface area (Å²) in [7, 11) is 0. The highest BCUT2D eigenvalue weighted by Gasteiger charge is 2.32. The van der Waals surface area contributed by atoms with E-state index in [0.717, 1.165) is 24.1 Å². The second-order valence-electron chi connectivity index (χ2n) is 6.43. The quantitative estimate of drug-likeness (QED) is 0.808. The molecule has 1 aliphatic heterocycles. The molecule has 7 heteroatoms. The fourth-order valence-electron chi connectivity index (χ4n) is 3.23. The van der Waals surface area contributed by atoms with Crippen LogP contribution in [0.25, 0.3) is 11.5 Å². The van der Waals surface area contributed by atoms with E-state index >= 15 is 0 Å². The number of fused-ring (bicyclic) bond motifs is 1. The molecule has 1 N–H and O–H groups in total. The Morgan fingerprint density at radius 3 is 2.62 bits per heavy atom. The van der Waals surface area contributed by atoms with Crippen molar-refractivity contribution in [3.05, 3.63) is 52.0 Å². The van der Waals surface area contributed by atoms with Gasteiger partial charge in [0.25, 0.3) is 0 Å². The number of ketones is 2. The van der Waals surface area contributed by atoms with Crippen molar-refractivity contribution < 1.29 is 14.0 Å². The molecule has 1 saturated heterocycles. The third-order valence-corrected chi connectivity index (χ3v) is 5.15. The molecule has 2 aliphatic rings. The third-order valence-electron chi connectivity index (χ3n) is 4.62. The molecular formula is C19H18BrN3O3. The summed E-state index contributed by atoms with van der Waals surface area (Å²) in [4.78, 5) is 31.6. The van der Waals surface area contributed by atoms with Crippen LogP contribution in [0, 0.1) is 0 Å². The summed E-state index contributed by atoms with van der Waals surface area (Å²) in [6.07, 6.45) is 3.77. The topological polar surface area (TPSA) is 75.4 Å². The number of nitrogens with zero attached hydrogens (tertiary/aromatic N) is 2. The number of halogens is 1. The van der Waals surface area contributed by atoms with Gasteiger partial charge in [-0.1, -0.05) is 15.9 Å². The first kappa shape index (κ1) is 17.2. The number of Topliss-reactive ketones (excluding diaryl/α,β-unsaturated/α-hetero) is 1. The Morgan fingerprint density at radius 1 is 1.15 bits per heavy atom. The summed E-state index contributed by atoms with van der Waals surface area (Å²) in [6, 6.07) is 7.34. The molecule has 1 fully saturated rings. The lowest BCUT2D eigenvalue weighted by atomic mass is 10.0. The van der Waals surface area contributed by atoms with Crippen LogP contribution in [0.15, 0.2) is 44.9 Å². The number of rotatable bonds is 5. The molecule has 6 nitrogen and oxygen atoms in total. The molecule has 0 bridgehead atoms. The Bertz CT molecular complexity index is 880. The molecule has 2 aromatic rings. The summed E-state index contributed by atoms with van der Waals surface area (Å²) in [5.41, 5.74) is 1.07. The first-order valence-electron chi connectivity index (χ1n) is 8.65. The molecule has 2 heterocycles. The van der Waals surface area contributed by atoms with E-state index in [2.05, 4.69) is 31.1 Å². The van der Waals surface area contributed by atoms with Gasteiger partial charge in [-0.15, -0.1) is 0 Å². The number of hydrogen-bond acceptors (Lipinski definition) is 6. The van der Waals surface area contributed by atoms with Crippen molar-refractivity contribution in [1.29, 1.82) is 0 Å². The maximum absolute atomic E-state index is 12.7. The van der Waals surface area contributed by atoms with Gasteiger partial charge in [0.1, 0.15) is 0 Å². The minimum atomic E-state index is -0.322. The Kier molecular flexibility index (Phi) is 4.74. The molecule has 0 saturated carbocycles. The molecule has 0 radical (unpaired) electrons. The summed E-state index contributed by atoms with van der Waals surface area (Å²) in [5.74, 6) is -0.345. The van der Waals surface area contributed by atoms with E-state index in [1.54, 1.807) is 0 Å². The number of benzene rings is 1. The van der Waals surface area contributed by atoms with Crippen LogP contribution >= 0.6 is 15.9 Å². The molecule has 1 aromatic heterocycles. The molecule has 0 atom stereocenters. The van der Waals surface area contributed by atoms with Crippen molar-refractivity contribution in [1.82, 2.24) is 15.2 Å². The molecular weight excluding hydrogens is 398 g/mol. The third kappa shape index (κ3) is 3.37. The zero-order valence-corrected chi connectivity index (χ0v) is 15.7. The van der Waals surface area contributed by atoms with E-state index in [4.69, 9.17) is 4.42 Å². The predicted molar refractivity (Wildman–Crippen MR) is 100 cm³/mol. The van der Waals surface area contributed by atoms with Gasteiger partial charge in [-0.2, -0.15) is 0 Å². The van der Waals surface area contributed by atoms with Crippen LogP contribution in [-0.4, -0.2) is 47.6 Å². The highest BCUT2D eigenvalue weighted by Crippen LogP contribution is 2.27. The number of hydrogen-bond donors (Lipinski definition) is 1. The Morgan fingerprint density at radius 2 is 1.88 bits per heavy atom. The van der Waals surface area contributed by atoms with Gasteiger partial charge in [0, 0.05) is 29.2 Å². The van der Waals surface area contributed by atoms with Crippen molar-refractivity contribution in [2.45, 2.75) is 12.8 Å². The lowest BCUT2D eigenvalue weighted by Crippen LogP contribution is -2.33. The number of carbonyl (C=O) groups excluding carboxylic acids is 2. The number of oxazole rings is 1. The summed E-state index contributed by atoms with van der Waals surface area (Å²) >= 11 is 3.37. The van der Waals surface area contributed by atoms with Crippen molar-refractivity contribution >= 4 is 27.5 Å². The van der Waals surface area contributed by atoms with Crippen molar-refractivity contribution in [2.24, 2.45) is 0 Å². The number of likely N-dealkylation sites (tertiary alicyclic amines) is 1. The highest BCUT2D eigenvalue weighted by atomic mass is 79.9. The number of allylic oxidation sites excluding steroid dienone is 2. The average Bonchev–Trinajstić information content (AvgIpc) is 3.30. The van der Waals surface area contributed by atoms with E-state index in [1.807, 2.05) is 24.3 Å². The van der Waals surface area contributed by atoms with Crippen molar-refractivity contribution in [3.8, 4) is 11.5 Å². The van der Waals surface area contributed by atoms with E-state index in [9.17, 15) is 9.59 Å². The molecule has 1 aromatic carbocycles. The van der Waals surface area contributed by atoms with Gasteiger partial charge in [0.2, 0.25) is 23.2 Å². The molecule has 1 aliphatic carbocycles. The van der Waals surface area contributed by atoms with Crippen LogP contribution in [0.4, 0.5) is 0 Å². The second kappa shape index (κ2) is 7.17. The van der Waals surface area contributed by atoms with Gasteiger partial charge in [0.15, 0.2) is 5.69 Å². The van der Waals surface area contributed by atoms with Crippen molar-refractivity contribution in [2.75, 3.05) is 26.2 Å². The number of nitrogens with one attached hydrogen (secondary N) is 1. The average molecular weight is 416 g/mol. The molecule has 134 valence electrons. The van der Waals surface area contributed by atoms with Crippen LogP contribution in [0.5, 0.6) is 0 Å². The zero-order chi connectivity index (χ0) is 18.1. The van der Waals surface area contributed by atoms with E-state index in [0.29, 0.717) is 12.1 Å². The van der Waals surface area contributed by atoms with Gasteiger partial charge in [-0.3, -0.25) is 9.59 Å². The van der Waals surface area contributed by atoms with Crippen LogP contribution in [0.3, 0.4) is 0 Å². The van der Waals surface area contributed by atoms with E-state index in [1.165, 1.54) is 18.9 Å². The normalized spacial score (nSPS) is 17.3. The van der Waals surface area contributed by atoms with E-state index < -0.39 is 0 Å². The maximum atomic E-state index is 12.7. The largest absolute Gasteiger partial charge is 0.432 e. The standard InChI is InChI=1S/C19H18BrN3O3/c20-13-5-3-12(4-6-13)19-22-16-15(24)11-14(17(25)18(16)26-19)21-7-10-23-8-1-2-9-23/h3-6,11,21H,1-2,7-10H2. The Balaban J connectivity index is 1.50. The van der Waals surface area contributed by atoms with Crippen LogP contribution in [0.1, 0.15) is 33.9 Å². The molecule has 0 spiro atoms. The Hall–Kier alpha value is -2.25. The fraction of sp³-hybridized carbons (Fsp3) is 0.316. The van der Waals surface area contributed by atoms with Crippen LogP contribution < -0.4 is 5.32 Å².